The first-order chi connectivity index (χ1) is 12.4. The molecule has 140 valence electrons. The second-order valence-corrected chi connectivity index (χ2v) is 9.30. The number of ether oxygens (including phenoxy) is 1. The summed E-state index contributed by atoms with van der Waals surface area (Å²) in [7, 11) is 0. The van der Waals surface area contributed by atoms with Gasteiger partial charge in [-0.1, -0.05) is 35.6 Å². The van der Waals surface area contributed by atoms with Gasteiger partial charge in [-0.2, -0.15) is 0 Å². The van der Waals surface area contributed by atoms with E-state index in [1.165, 1.54) is 24.5 Å². The SMILES string of the molecule is CC(=O)Oc1ccc2c(c1)CC[C@@H]1[C@@H]2CC[C@@]2(C)[C@H]1CC[C@@]2(O)/C=C/I. The van der Waals surface area contributed by atoms with Gasteiger partial charge in [-0.3, -0.25) is 4.79 Å². The van der Waals surface area contributed by atoms with E-state index in [0.29, 0.717) is 23.5 Å². The number of halogens is 1. The summed E-state index contributed by atoms with van der Waals surface area (Å²) >= 11 is 2.23. The van der Waals surface area contributed by atoms with Crippen LogP contribution >= 0.6 is 22.6 Å². The molecule has 0 spiro atoms. The summed E-state index contributed by atoms with van der Waals surface area (Å²) < 4.78 is 7.27. The second kappa shape index (κ2) is 6.62. The van der Waals surface area contributed by atoms with E-state index in [-0.39, 0.29) is 11.4 Å². The summed E-state index contributed by atoms with van der Waals surface area (Å²) in [4.78, 5) is 11.2. The highest BCUT2D eigenvalue weighted by molar-refractivity contribution is 14.1. The van der Waals surface area contributed by atoms with Crippen molar-refractivity contribution in [2.45, 2.75) is 63.9 Å². The Hall–Kier alpha value is -0.880. The molecule has 0 heterocycles. The predicted molar refractivity (Wildman–Crippen MR) is 110 cm³/mol. The Balaban J connectivity index is 1.63. The normalized spacial score (nSPS) is 38.5. The average molecular weight is 466 g/mol. The van der Waals surface area contributed by atoms with Crippen molar-refractivity contribution in [3.8, 4) is 5.75 Å². The van der Waals surface area contributed by atoms with Crippen LogP contribution in [0.25, 0.3) is 0 Å². The molecule has 2 saturated carbocycles. The van der Waals surface area contributed by atoms with E-state index in [2.05, 4.69) is 41.6 Å². The van der Waals surface area contributed by atoms with E-state index in [4.69, 9.17) is 4.74 Å². The molecule has 1 aromatic carbocycles. The van der Waals surface area contributed by atoms with Gasteiger partial charge in [0, 0.05) is 12.3 Å². The molecule has 4 heteroatoms. The number of benzene rings is 1. The van der Waals surface area contributed by atoms with Crippen molar-refractivity contribution in [3.05, 3.63) is 39.5 Å². The van der Waals surface area contributed by atoms with Gasteiger partial charge in [0.05, 0.1) is 5.60 Å². The first kappa shape index (κ1) is 18.5. The maximum Gasteiger partial charge on any atom is 0.308 e. The zero-order valence-electron chi connectivity index (χ0n) is 15.5. The van der Waals surface area contributed by atoms with Gasteiger partial charge >= 0.3 is 5.97 Å². The number of aryl methyl sites for hydroxylation is 1. The molecule has 0 radical (unpaired) electrons. The Kier molecular flexibility index (Phi) is 4.71. The molecule has 0 bridgehead atoms. The molecule has 0 amide bonds. The number of aliphatic hydroxyl groups is 1. The van der Waals surface area contributed by atoms with E-state index >= 15 is 0 Å². The van der Waals surface area contributed by atoms with Crippen molar-refractivity contribution in [1.29, 1.82) is 0 Å². The lowest BCUT2D eigenvalue weighted by atomic mass is 9.53. The standard InChI is InChI=1S/C22H27IO3/c1-14(24)26-16-4-6-17-15(13-16)3-5-19-18(17)7-9-21(2)20(19)8-10-22(21,25)11-12-23/h4,6,11-13,18-20,25H,3,5,7-10H2,1-2H3/b12-11+/t18-,19-,20+,21+,22-/m1/s1. The minimum absolute atomic E-state index is 0.00891. The third kappa shape index (κ3) is 2.75. The Morgan fingerprint density at radius 2 is 2.12 bits per heavy atom. The number of carbonyl (C=O) groups excluding carboxylic acids is 1. The third-order valence-corrected chi connectivity index (χ3v) is 7.87. The fourth-order valence-corrected chi connectivity index (χ4v) is 6.81. The molecule has 5 atom stereocenters. The van der Waals surface area contributed by atoms with Crippen LogP contribution < -0.4 is 4.74 Å². The van der Waals surface area contributed by atoms with Crippen molar-refractivity contribution < 1.29 is 14.6 Å². The van der Waals surface area contributed by atoms with Crippen LogP contribution in [0.2, 0.25) is 0 Å². The number of esters is 1. The van der Waals surface area contributed by atoms with Gasteiger partial charge in [-0.05, 0) is 89.7 Å². The Bertz CT molecular complexity index is 758. The lowest BCUT2D eigenvalue weighted by Gasteiger charge is -2.52. The zero-order valence-corrected chi connectivity index (χ0v) is 17.7. The highest BCUT2D eigenvalue weighted by atomic mass is 127. The van der Waals surface area contributed by atoms with Crippen LogP contribution in [0.3, 0.4) is 0 Å². The monoisotopic (exact) mass is 466 g/mol. The van der Waals surface area contributed by atoms with Crippen LogP contribution in [0.1, 0.15) is 63.0 Å². The number of hydrogen-bond donors (Lipinski definition) is 1. The van der Waals surface area contributed by atoms with Gasteiger partial charge in [0.2, 0.25) is 0 Å². The van der Waals surface area contributed by atoms with Gasteiger partial charge in [0.15, 0.2) is 0 Å². The van der Waals surface area contributed by atoms with E-state index < -0.39 is 5.60 Å². The summed E-state index contributed by atoms with van der Waals surface area (Å²) in [5.41, 5.74) is 2.13. The maximum atomic E-state index is 11.3. The largest absolute Gasteiger partial charge is 0.427 e. The molecule has 26 heavy (non-hydrogen) atoms. The lowest BCUT2D eigenvalue weighted by molar-refractivity contribution is -0.131. The number of fused-ring (bicyclic) bond motifs is 5. The summed E-state index contributed by atoms with van der Waals surface area (Å²) in [5, 5.41) is 11.3. The summed E-state index contributed by atoms with van der Waals surface area (Å²) in [6.07, 6.45) is 8.46. The van der Waals surface area contributed by atoms with Crippen LogP contribution in [0.4, 0.5) is 0 Å². The fourth-order valence-electron chi connectivity index (χ4n) is 6.22. The van der Waals surface area contributed by atoms with Crippen molar-refractivity contribution >= 4 is 28.6 Å². The molecule has 0 aliphatic heterocycles. The third-order valence-electron chi connectivity index (χ3n) is 7.51. The van der Waals surface area contributed by atoms with E-state index in [0.717, 1.165) is 32.1 Å². The second-order valence-electron chi connectivity index (χ2n) is 8.58. The van der Waals surface area contributed by atoms with E-state index in [1.54, 1.807) is 0 Å². The Morgan fingerprint density at radius 1 is 1.31 bits per heavy atom. The highest BCUT2D eigenvalue weighted by Crippen LogP contribution is 2.64. The summed E-state index contributed by atoms with van der Waals surface area (Å²) in [5.74, 6) is 2.21. The van der Waals surface area contributed by atoms with Crippen LogP contribution in [-0.4, -0.2) is 16.7 Å². The van der Waals surface area contributed by atoms with Gasteiger partial charge < -0.3 is 9.84 Å². The minimum Gasteiger partial charge on any atom is -0.427 e. The van der Waals surface area contributed by atoms with Gasteiger partial charge in [0.1, 0.15) is 5.75 Å². The molecule has 0 aromatic heterocycles. The first-order valence-electron chi connectivity index (χ1n) is 9.69. The lowest BCUT2D eigenvalue weighted by Crippen LogP contribution is -2.49. The van der Waals surface area contributed by atoms with Crippen LogP contribution in [0.15, 0.2) is 28.4 Å². The Morgan fingerprint density at radius 3 is 2.85 bits per heavy atom. The molecule has 0 unspecified atom stereocenters. The van der Waals surface area contributed by atoms with Gasteiger partial charge in [-0.15, -0.1) is 0 Å². The van der Waals surface area contributed by atoms with Crippen LogP contribution in [0, 0.1) is 17.3 Å². The van der Waals surface area contributed by atoms with Crippen LogP contribution in [-0.2, 0) is 11.2 Å². The molecule has 0 saturated heterocycles. The summed E-state index contributed by atoms with van der Waals surface area (Å²) in [6, 6.07) is 6.18. The number of carbonyl (C=O) groups is 1. The average Bonchev–Trinajstić information content (AvgIpc) is 2.85. The van der Waals surface area contributed by atoms with Crippen molar-refractivity contribution in [3.63, 3.8) is 0 Å². The number of hydrogen-bond acceptors (Lipinski definition) is 3. The molecular weight excluding hydrogens is 439 g/mol. The van der Waals surface area contributed by atoms with Crippen molar-refractivity contribution in [2.24, 2.45) is 17.3 Å². The molecule has 4 rings (SSSR count). The first-order valence-corrected chi connectivity index (χ1v) is 10.9. The van der Waals surface area contributed by atoms with Gasteiger partial charge in [-0.25, -0.2) is 0 Å². The topological polar surface area (TPSA) is 46.5 Å². The predicted octanol–water partition coefficient (Wildman–Crippen LogP) is 5.15. The molecule has 2 fully saturated rings. The fraction of sp³-hybridized carbons (Fsp3) is 0.591. The minimum atomic E-state index is -0.650. The van der Waals surface area contributed by atoms with Gasteiger partial charge in [0.25, 0.3) is 0 Å². The highest BCUT2D eigenvalue weighted by Gasteiger charge is 2.60. The Labute approximate surface area is 169 Å². The molecule has 3 aliphatic carbocycles. The number of rotatable bonds is 2. The summed E-state index contributed by atoms with van der Waals surface area (Å²) in [6.45, 7) is 3.76. The van der Waals surface area contributed by atoms with Crippen molar-refractivity contribution in [2.75, 3.05) is 0 Å². The van der Waals surface area contributed by atoms with Crippen molar-refractivity contribution in [1.82, 2.24) is 0 Å². The van der Waals surface area contributed by atoms with E-state index in [1.807, 2.05) is 16.2 Å². The van der Waals surface area contributed by atoms with Crippen LogP contribution in [0.5, 0.6) is 5.75 Å². The quantitative estimate of drug-likeness (QED) is 0.373. The molecule has 3 aliphatic rings. The molecular formula is C22H27IO3. The molecule has 1 aromatic rings. The molecule has 3 nitrogen and oxygen atoms in total. The maximum absolute atomic E-state index is 11.3. The van der Waals surface area contributed by atoms with E-state index in [9.17, 15) is 9.90 Å². The zero-order chi connectivity index (χ0) is 18.5. The molecule has 1 N–H and O–H groups in total. The smallest absolute Gasteiger partial charge is 0.308 e.